The van der Waals surface area contributed by atoms with Crippen molar-refractivity contribution in [2.75, 3.05) is 6.61 Å². The lowest BCUT2D eigenvalue weighted by atomic mass is 9.47. The molecule has 0 unspecified atom stereocenters. The third-order valence-electron chi connectivity index (χ3n) is 15.2. The molecule has 0 aromatic carbocycles. The second kappa shape index (κ2) is 16.3. The number of carboxylic acids is 1. The average Bonchev–Trinajstić information content (AvgIpc) is 3.45. The van der Waals surface area contributed by atoms with E-state index in [0.29, 0.717) is 19.3 Å². The number of carbonyl (C=O) groups is 2. The number of carbonyl (C=O) groups excluding carboxylic acids is 1. The number of aliphatic hydroxyl groups excluding tert-OH is 8. The smallest absolute Gasteiger partial charge is 0.306 e. The number of carboxylic acid groups (broad SMARTS) is 1. The van der Waals surface area contributed by atoms with E-state index in [1.807, 2.05) is 0 Å². The Morgan fingerprint density at radius 1 is 0.772 bits per heavy atom. The number of Topliss-reactive ketones (excluding diaryl/α,β-unsaturated/α-hetero) is 1. The number of hydrogen-bond donors (Lipinski definition) is 9. The Morgan fingerprint density at radius 2 is 1.37 bits per heavy atom. The van der Waals surface area contributed by atoms with Crippen LogP contribution in [0.2, 0.25) is 0 Å². The van der Waals surface area contributed by atoms with Gasteiger partial charge in [0, 0.05) is 12.3 Å². The van der Waals surface area contributed by atoms with E-state index in [2.05, 4.69) is 19.9 Å². The molecule has 0 aromatic rings. The van der Waals surface area contributed by atoms with Gasteiger partial charge in [-0.2, -0.15) is 0 Å². The standard InChI is InChI=1S/C40H62O17/c1-15(35(50)51)25-23(42)13-22-20-7-6-18-12-19(8-10-39(18,4)21(20)9-11-40(22,25)5)54-38-34(57-37-31(48)29(46)27(44)17(3)53-37)32(49)33(24(14-41)55-38)56-36-30(47)28(45)26(43)16(2)52-36/h6,15-17,19-22,24-34,36-38,41,43-49H,7-14H2,1-5H3,(H,50,51)/t15-,16-,17-,19-,20+,21-,22-,24+,25-,26-,27-,28+,29+,30+,31+,32-,33+,34+,36-,37-,38+,39-,40-/m0/s1. The molecule has 3 saturated heterocycles. The fourth-order valence-electron chi connectivity index (χ4n) is 11.8. The lowest BCUT2D eigenvalue weighted by molar-refractivity contribution is -0.388. The Balaban J connectivity index is 1.10. The molecule has 7 aliphatic rings. The van der Waals surface area contributed by atoms with Crippen LogP contribution >= 0.6 is 0 Å². The van der Waals surface area contributed by atoms with Crippen molar-refractivity contribution >= 4 is 11.8 Å². The minimum Gasteiger partial charge on any atom is -0.481 e. The van der Waals surface area contributed by atoms with Crippen molar-refractivity contribution < 1.29 is 84.0 Å². The molecule has 9 N–H and O–H groups in total. The van der Waals surface area contributed by atoms with Crippen molar-refractivity contribution in [1.29, 1.82) is 0 Å². The second-order valence-electron chi connectivity index (χ2n) is 18.4. The van der Waals surface area contributed by atoms with Crippen LogP contribution in [0.5, 0.6) is 0 Å². The normalized spacial score (nSPS) is 53.3. The van der Waals surface area contributed by atoms with Crippen LogP contribution in [0.25, 0.3) is 0 Å². The summed E-state index contributed by atoms with van der Waals surface area (Å²) in [6.45, 7) is 8.28. The van der Waals surface area contributed by atoms with E-state index in [-0.39, 0.29) is 34.4 Å². The minimum absolute atomic E-state index is 0.0510. The van der Waals surface area contributed by atoms with Gasteiger partial charge in [0.1, 0.15) is 66.8 Å². The molecule has 0 spiro atoms. The van der Waals surface area contributed by atoms with Crippen molar-refractivity contribution in [3.05, 3.63) is 11.6 Å². The van der Waals surface area contributed by atoms with Gasteiger partial charge in [-0.15, -0.1) is 0 Å². The molecule has 0 bridgehead atoms. The predicted octanol–water partition coefficient (Wildman–Crippen LogP) is -0.646. The maximum atomic E-state index is 13.4. The van der Waals surface area contributed by atoms with Crippen LogP contribution in [0, 0.1) is 40.4 Å². The zero-order valence-electron chi connectivity index (χ0n) is 33.1. The highest BCUT2D eigenvalue weighted by Gasteiger charge is 2.63. The lowest BCUT2D eigenvalue weighted by Gasteiger charge is -2.58. The summed E-state index contributed by atoms with van der Waals surface area (Å²) in [5, 5.41) is 95.2. The summed E-state index contributed by atoms with van der Waals surface area (Å²) in [7, 11) is 0. The van der Waals surface area contributed by atoms with Gasteiger partial charge >= 0.3 is 5.97 Å². The highest BCUT2D eigenvalue weighted by molar-refractivity contribution is 5.89. The van der Waals surface area contributed by atoms with Crippen LogP contribution in [-0.4, -0.2) is 163 Å². The molecule has 3 aliphatic heterocycles. The van der Waals surface area contributed by atoms with Gasteiger partial charge in [-0.3, -0.25) is 9.59 Å². The van der Waals surface area contributed by atoms with Crippen LogP contribution < -0.4 is 0 Å². The van der Waals surface area contributed by atoms with E-state index in [1.165, 1.54) is 19.4 Å². The van der Waals surface area contributed by atoms with Crippen LogP contribution in [-0.2, 0) is 38.0 Å². The summed E-state index contributed by atoms with van der Waals surface area (Å²) < 4.78 is 36.2. The molecule has 23 atom stereocenters. The van der Waals surface area contributed by atoms with Crippen LogP contribution in [0.15, 0.2) is 11.6 Å². The van der Waals surface area contributed by atoms with E-state index in [9.17, 15) is 55.5 Å². The summed E-state index contributed by atoms with van der Waals surface area (Å²) in [4.78, 5) is 25.4. The molecule has 3 saturated carbocycles. The number of ketones is 1. The van der Waals surface area contributed by atoms with Gasteiger partial charge in [0.2, 0.25) is 0 Å². The van der Waals surface area contributed by atoms with Crippen molar-refractivity contribution in [3.63, 3.8) is 0 Å². The molecular formula is C40H62O17. The predicted molar refractivity (Wildman–Crippen MR) is 193 cm³/mol. The van der Waals surface area contributed by atoms with Gasteiger partial charge in [-0.1, -0.05) is 32.4 Å². The molecule has 3 heterocycles. The summed E-state index contributed by atoms with van der Waals surface area (Å²) in [6, 6.07) is 0. The first kappa shape index (κ1) is 43.4. The van der Waals surface area contributed by atoms with Gasteiger partial charge in [0.15, 0.2) is 18.9 Å². The van der Waals surface area contributed by atoms with E-state index in [0.717, 1.165) is 25.7 Å². The first-order valence-electron chi connectivity index (χ1n) is 20.6. The molecule has 6 fully saturated rings. The molecule has 0 aromatic heterocycles. The van der Waals surface area contributed by atoms with Crippen molar-refractivity contribution in [3.8, 4) is 0 Å². The first-order valence-corrected chi connectivity index (χ1v) is 20.6. The molecule has 4 aliphatic carbocycles. The van der Waals surface area contributed by atoms with Gasteiger partial charge in [-0.25, -0.2) is 0 Å². The monoisotopic (exact) mass is 814 g/mol. The number of rotatable bonds is 9. The third kappa shape index (κ3) is 7.45. The van der Waals surface area contributed by atoms with Gasteiger partial charge < -0.3 is 74.4 Å². The Labute approximate surface area is 331 Å². The molecular weight excluding hydrogens is 752 g/mol. The number of hydrogen-bond acceptors (Lipinski definition) is 16. The van der Waals surface area contributed by atoms with Gasteiger partial charge in [0.25, 0.3) is 0 Å². The number of aliphatic carboxylic acids is 1. The molecule has 17 heteroatoms. The van der Waals surface area contributed by atoms with Crippen LogP contribution in [0.1, 0.15) is 79.6 Å². The SMILES string of the molecule is C[C@@H]1O[C@@H](O[C@H]2[C@H](O[C@H]3CC[C@@]4(C)C(=CC[C@H]5[C@@H]6CC(=O)[C@H]([C@H](C)C(=O)O)[C@@]6(C)CC[C@@H]54)C3)O[C@H](CO)[C@@H](O[C@@H]3O[C@@H](C)[C@H](O)[C@@H](O)[C@H]3O)[C@@H]2O)[C@H](O)[C@H](O)[C@H]1O. The van der Waals surface area contributed by atoms with Crippen LogP contribution in [0.3, 0.4) is 0 Å². The number of fused-ring (bicyclic) bond motifs is 5. The highest BCUT2D eigenvalue weighted by atomic mass is 16.8. The topological polar surface area (TPSA) is 272 Å². The lowest BCUT2D eigenvalue weighted by Crippen LogP contribution is -2.66. The maximum Gasteiger partial charge on any atom is 0.306 e. The van der Waals surface area contributed by atoms with E-state index >= 15 is 0 Å². The first-order chi connectivity index (χ1) is 26.8. The zero-order valence-corrected chi connectivity index (χ0v) is 33.1. The molecule has 0 radical (unpaired) electrons. The summed E-state index contributed by atoms with van der Waals surface area (Å²) in [6.07, 6.45) is -15.6. The van der Waals surface area contributed by atoms with E-state index < -0.39 is 123 Å². The van der Waals surface area contributed by atoms with Gasteiger partial charge in [0.05, 0.1) is 30.8 Å². The molecule has 0 amide bonds. The van der Waals surface area contributed by atoms with E-state index in [1.54, 1.807) is 6.92 Å². The molecule has 17 nitrogen and oxygen atoms in total. The maximum absolute atomic E-state index is 13.4. The molecule has 7 rings (SSSR count). The third-order valence-corrected chi connectivity index (χ3v) is 15.2. The molecule has 57 heavy (non-hydrogen) atoms. The number of aliphatic hydroxyl groups is 8. The summed E-state index contributed by atoms with van der Waals surface area (Å²) >= 11 is 0. The minimum atomic E-state index is -1.74. The largest absolute Gasteiger partial charge is 0.481 e. The molecule has 324 valence electrons. The quantitative estimate of drug-likeness (QED) is 0.131. The Kier molecular flexibility index (Phi) is 12.4. The summed E-state index contributed by atoms with van der Waals surface area (Å²) in [5.74, 6) is -1.52. The van der Waals surface area contributed by atoms with E-state index in [4.69, 9.17) is 28.4 Å². The fourth-order valence-corrected chi connectivity index (χ4v) is 11.8. The van der Waals surface area contributed by atoms with Crippen molar-refractivity contribution in [2.24, 2.45) is 40.4 Å². The highest BCUT2D eigenvalue weighted by Crippen LogP contribution is 2.66. The number of ether oxygens (including phenoxy) is 6. The Hall–Kier alpha value is -1.68. The average molecular weight is 815 g/mol. The van der Waals surface area contributed by atoms with Gasteiger partial charge in [-0.05, 0) is 81.0 Å². The second-order valence-corrected chi connectivity index (χ2v) is 18.4. The van der Waals surface area contributed by atoms with Crippen LogP contribution in [0.4, 0.5) is 0 Å². The Bertz CT molecular complexity index is 1510. The zero-order chi connectivity index (χ0) is 41.5. The summed E-state index contributed by atoms with van der Waals surface area (Å²) in [5.41, 5.74) is 0.633. The van der Waals surface area contributed by atoms with Crippen molar-refractivity contribution in [2.45, 2.75) is 178 Å². The number of allylic oxidation sites excluding steroid dienone is 1. The fraction of sp³-hybridized carbons (Fsp3) is 0.900. The Morgan fingerprint density at radius 3 is 1.95 bits per heavy atom. The van der Waals surface area contributed by atoms with Crippen molar-refractivity contribution in [1.82, 2.24) is 0 Å².